The van der Waals surface area contributed by atoms with Crippen LogP contribution in [-0.2, 0) is 6.42 Å². The number of hydrogen-bond acceptors (Lipinski definition) is 3. The molecule has 2 aromatic carbocycles. The molecule has 25 heavy (non-hydrogen) atoms. The number of aliphatic hydroxyl groups excluding tert-OH is 1. The topological polar surface area (TPSA) is 61.8 Å². The van der Waals surface area contributed by atoms with Gasteiger partial charge in [0.2, 0.25) is 0 Å². The first-order valence-corrected chi connectivity index (χ1v) is 8.64. The molecule has 1 aliphatic carbocycles. The van der Waals surface area contributed by atoms with Gasteiger partial charge in [0.25, 0.3) is 0 Å². The first-order chi connectivity index (χ1) is 12.2. The molecule has 0 fully saturated rings. The molecular formula is C20H24N2O3. The van der Waals surface area contributed by atoms with E-state index in [9.17, 15) is 9.90 Å². The van der Waals surface area contributed by atoms with Crippen molar-refractivity contribution in [2.75, 3.05) is 25.6 Å². The van der Waals surface area contributed by atoms with Crippen LogP contribution in [0.4, 0.5) is 10.5 Å². The molecule has 0 saturated heterocycles. The number of carbonyl (C=O) groups is 1. The summed E-state index contributed by atoms with van der Waals surface area (Å²) in [5, 5.41) is 12.2. The van der Waals surface area contributed by atoms with Crippen molar-refractivity contribution in [1.82, 2.24) is 4.90 Å². The second-order valence-electron chi connectivity index (χ2n) is 6.15. The van der Waals surface area contributed by atoms with Gasteiger partial charge in [0, 0.05) is 13.2 Å². The molecule has 0 radical (unpaired) electrons. The lowest BCUT2D eigenvalue weighted by molar-refractivity contribution is 0.177. The van der Waals surface area contributed by atoms with E-state index in [1.165, 1.54) is 11.1 Å². The van der Waals surface area contributed by atoms with Gasteiger partial charge in [-0.25, -0.2) is 4.79 Å². The summed E-state index contributed by atoms with van der Waals surface area (Å²) in [6, 6.07) is 15.5. The molecule has 0 spiro atoms. The van der Waals surface area contributed by atoms with Crippen molar-refractivity contribution in [3.63, 3.8) is 0 Å². The van der Waals surface area contributed by atoms with Crippen molar-refractivity contribution in [2.24, 2.45) is 0 Å². The highest BCUT2D eigenvalue weighted by Gasteiger charge is 2.30. The van der Waals surface area contributed by atoms with Crippen molar-refractivity contribution in [3.05, 3.63) is 59.7 Å². The van der Waals surface area contributed by atoms with Crippen LogP contribution < -0.4 is 10.1 Å². The van der Waals surface area contributed by atoms with E-state index in [-0.39, 0.29) is 18.7 Å². The van der Waals surface area contributed by atoms with Gasteiger partial charge < -0.3 is 20.1 Å². The Labute approximate surface area is 148 Å². The van der Waals surface area contributed by atoms with E-state index in [0.717, 1.165) is 12.8 Å². The fraction of sp³-hybridized carbons (Fsp3) is 0.350. The number of aliphatic hydroxyl groups is 1. The molecule has 5 nitrogen and oxygen atoms in total. The molecule has 0 heterocycles. The van der Waals surface area contributed by atoms with E-state index < -0.39 is 0 Å². The van der Waals surface area contributed by atoms with Crippen LogP contribution >= 0.6 is 0 Å². The Kier molecular flexibility index (Phi) is 5.56. The second kappa shape index (κ2) is 8.03. The zero-order valence-corrected chi connectivity index (χ0v) is 14.4. The molecule has 1 atom stereocenters. The van der Waals surface area contributed by atoms with E-state index in [2.05, 4.69) is 17.4 Å². The summed E-state index contributed by atoms with van der Waals surface area (Å²) >= 11 is 0. The maximum atomic E-state index is 13.0. The Morgan fingerprint density at radius 3 is 2.80 bits per heavy atom. The number of urea groups is 1. The summed E-state index contributed by atoms with van der Waals surface area (Å²) in [6.07, 6.45) is 2.43. The van der Waals surface area contributed by atoms with E-state index >= 15 is 0 Å². The third-order valence-corrected chi connectivity index (χ3v) is 4.64. The zero-order chi connectivity index (χ0) is 17.6. The fourth-order valence-corrected chi connectivity index (χ4v) is 3.43. The number of nitrogens with zero attached hydrogens (tertiary/aromatic N) is 1. The Balaban J connectivity index is 1.82. The van der Waals surface area contributed by atoms with Gasteiger partial charge in [0.05, 0.1) is 18.8 Å². The molecule has 0 saturated carbocycles. The van der Waals surface area contributed by atoms with Crippen molar-refractivity contribution >= 4 is 11.7 Å². The first kappa shape index (κ1) is 17.3. The molecule has 5 heteroatoms. The van der Waals surface area contributed by atoms with Gasteiger partial charge in [-0.05, 0) is 42.5 Å². The third-order valence-electron chi connectivity index (χ3n) is 4.64. The number of anilines is 1. The lowest BCUT2D eigenvalue weighted by Gasteiger charge is -2.30. The average Bonchev–Trinajstić information content (AvgIpc) is 3.06. The summed E-state index contributed by atoms with van der Waals surface area (Å²) in [5.74, 6) is 0.629. The normalized spacial score (nSPS) is 15.5. The van der Waals surface area contributed by atoms with E-state index in [1.54, 1.807) is 7.11 Å². The monoisotopic (exact) mass is 340 g/mol. The lowest BCUT2D eigenvalue weighted by Crippen LogP contribution is -2.38. The second-order valence-corrected chi connectivity index (χ2v) is 6.15. The van der Waals surface area contributed by atoms with Crippen LogP contribution in [0.1, 0.15) is 30.0 Å². The number of amides is 2. The molecule has 2 N–H and O–H groups in total. The van der Waals surface area contributed by atoms with Crippen molar-refractivity contribution in [3.8, 4) is 5.75 Å². The van der Waals surface area contributed by atoms with Gasteiger partial charge >= 0.3 is 6.03 Å². The van der Waals surface area contributed by atoms with Crippen LogP contribution in [-0.4, -0.2) is 36.3 Å². The number of aryl methyl sites for hydroxylation is 1. The molecule has 2 amide bonds. The summed E-state index contributed by atoms with van der Waals surface area (Å²) in [7, 11) is 1.59. The van der Waals surface area contributed by atoms with Crippen LogP contribution in [0.2, 0.25) is 0 Å². The Morgan fingerprint density at radius 2 is 2.00 bits per heavy atom. The quantitative estimate of drug-likeness (QED) is 0.844. The predicted octanol–water partition coefficient (Wildman–Crippen LogP) is 3.60. The number of nitrogens with one attached hydrogen (secondary N) is 1. The van der Waals surface area contributed by atoms with E-state index in [4.69, 9.17) is 4.74 Å². The largest absolute Gasteiger partial charge is 0.495 e. The Morgan fingerprint density at radius 1 is 1.24 bits per heavy atom. The number of methoxy groups -OCH3 is 1. The molecular weight excluding hydrogens is 316 g/mol. The smallest absolute Gasteiger partial charge is 0.322 e. The molecule has 3 rings (SSSR count). The molecule has 1 aliphatic rings. The molecule has 0 bridgehead atoms. The molecule has 0 unspecified atom stereocenters. The summed E-state index contributed by atoms with van der Waals surface area (Å²) in [5.41, 5.74) is 3.15. The predicted molar refractivity (Wildman–Crippen MR) is 97.9 cm³/mol. The average molecular weight is 340 g/mol. The minimum Gasteiger partial charge on any atom is -0.495 e. The maximum absolute atomic E-state index is 13.0. The molecule has 0 aromatic heterocycles. The maximum Gasteiger partial charge on any atom is 0.322 e. The minimum atomic E-state index is -0.167. The highest BCUT2D eigenvalue weighted by atomic mass is 16.5. The van der Waals surface area contributed by atoms with Crippen molar-refractivity contribution in [2.45, 2.75) is 25.3 Å². The van der Waals surface area contributed by atoms with Crippen LogP contribution in [0.3, 0.4) is 0 Å². The SMILES string of the molecule is COc1ccccc1NC(=O)N(CCCO)[C@H]1CCc2ccccc21. The van der Waals surface area contributed by atoms with Crippen molar-refractivity contribution < 1.29 is 14.6 Å². The number of fused-ring (bicyclic) bond motifs is 1. The first-order valence-electron chi connectivity index (χ1n) is 8.64. The van der Waals surface area contributed by atoms with Crippen LogP contribution in [0, 0.1) is 0 Å². The Bertz CT molecular complexity index is 732. The molecule has 132 valence electrons. The molecule has 0 aliphatic heterocycles. The molecule has 2 aromatic rings. The van der Waals surface area contributed by atoms with Crippen LogP contribution in [0.25, 0.3) is 0 Å². The number of ether oxygens (including phenoxy) is 1. The standard InChI is InChI=1S/C20H24N2O3/c1-25-19-10-5-4-9-17(19)21-20(24)22(13-6-14-23)18-12-11-15-7-2-3-8-16(15)18/h2-5,7-10,18,23H,6,11-14H2,1H3,(H,21,24)/t18-/m0/s1. The van der Waals surface area contributed by atoms with Gasteiger partial charge in [-0.1, -0.05) is 36.4 Å². The van der Waals surface area contributed by atoms with Crippen LogP contribution in [0.15, 0.2) is 48.5 Å². The van der Waals surface area contributed by atoms with Crippen molar-refractivity contribution in [1.29, 1.82) is 0 Å². The van der Waals surface area contributed by atoms with E-state index in [0.29, 0.717) is 24.4 Å². The number of rotatable bonds is 6. The van der Waals surface area contributed by atoms with Gasteiger partial charge in [-0.15, -0.1) is 0 Å². The highest BCUT2D eigenvalue weighted by Crippen LogP contribution is 2.36. The van der Waals surface area contributed by atoms with Gasteiger partial charge in [-0.2, -0.15) is 0 Å². The summed E-state index contributed by atoms with van der Waals surface area (Å²) in [4.78, 5) is 14.8. The minimum absolute atomic E-state index is 0.0393. The summed E-state index contributed by atoms with van der Waals surface area (Å²) < 4.78 is 5.32. The number of para-hydroxylation sites is 2. The van der Waals surface area contributed by atoms with Gasteiger partial charge in [0.1, 0.15) is 5.75 Å². The third kappa shape index (κ3) is 3.77. The fourth-order valence-electron chi connectivity index (χ4n) is 3.43. The Hall–Kier alpha value is -2.53. The number of benzene rings is 2. The van der Waals surface area contributed by atoms with Gasteiger partial charge in [-0.3, -0.25) is 0 Å². The van der Waals surface area contributed by atoms with Gasteiger partial charge in [0.15, 0.2) is 0 Å². The van der Waals surface area contributed by atoms with Crippen LogP contribution in [0.5, 0.6) is 5.75 Å². The zero-order valence-electron chi connectivity index (χ0n) is 14.4. The lowest BCUT2D eigenvalue weighted by atomic mass is 10.1. The highest BCUT2D eigenvalue weighted by molar-refractivity contribution is 5.91. The van der Waals surface area contributed by atoms with E-state index in [1.807, 2.05) is 41.3 Å². The number of carbonyl (C=O) groups excluding carboxylic acids is 1. The summed E-state index contributed by atoms with van der Waals surface area (Å²) in [6.45, 7) is 0.573. The number of hydrogen-bond donors (Lipinski definition) is 2.